The first-order chi connectivity index (χ1) is 8.83. The summed E-state index contributed by atoms with van der Waals surface area (Å²) in [7, 11) is 1.80. The van der Waals surface area contributed by atoms with Gasteiger partial charge in [0, 0.05) is 19.6 Å². The summed E-state index contributed by atoms with van der Waals surface area (Å²) in [6.45, 7) is 3.62. The monoisotopic (exact) mass is 378 g/mol. The minimum absolute atomic E-state index is 0. The molecule has 0 amide bonds. The number of aromatic nitrogens is 3. The largest absolute Gasteiger partial charge is 0.354 e. The third-order valence-electron chi connectivity index (χ3n) is 3.37. The minimum Gasteiger partial charge on any atom is -0.354 e. The molecule has 1 aromatic rings. The van der Waals surface area contributed by atoms with Crippen LogP contribution < -0.4 is 10.6 Å². The first kappa shape index (κ1) is 16.2. The average molecular weight is 378 g/mol. The Morgan fingerprint density at radius 3 is 2.84 bits per heavy atom. The molecule has 0 atom stereocenters. The maximum Gasteiger partial charge on any atom is 0.191 e. The van der Waals surface area contributed by atoms with Gasteiger partial charge < -0.3 is 15.2 Å². The Balaban J connectivity index is 0.00000180. The molecule has 1 aromatic heterocycles. The SMILES string of the molecule is CCn1cnnc1CNC(=NC)NC1CCCC1.I. The van der Waals surface area contributed by atoms with Gasteiger partial charge in [0.05, 0.1) is 6.54 Å². The molecule has 1 heterocycles. The molecule has 19 heavy (non-hydrogen) atoms. The standard InChI is InChI=1S/C12H22N6.HI/c1-3-18-9-15-17-11(18)8-14-12(13-2)16-10-6-4-5-7-10;/h9-10H,3-8H2,1-2H3,(H2,13,14,16);1H. The topological polar surface area (TPSA) is 67.1 Å². The first-order valence-electron chi connectivity index (χ1n) is 6.67. The van der Waals surface area contributed by atoms with Gasteiger partial charge in [-0.05, 0) is 19.8 Å². The molecular weight excluding hydrogens is 355 g/mol. The summed E-state index contributed by atoms with van der Waals surface area (Å²) in [5, 5.41) is 14.7. The highest BCUT2D eigenvalue weighted by atomic mass is 127. The van der Waals surface area contributed by atoms with Gasteiger partial charge >= 0.3 is 0 Å². The number of nitrogens with zero attached hydrogens (tertiary/aromatic N) is 4. The van der Waals surface area contributed by atoms with Gasteiger partial charge in [-0.1, -0.05) is 12.8 Å². The van der Waals surface area contributed by atoms with Crippen LogP contribution in [0, 0.1) is 0 Å². The fourth-order valence-corrected chi connectivity index (χ4v) is 2.30. The molecule has 1 saturated carbocycles. The fourth-order valence-electron chi connectivity index (χ4n) is 2.30. The number of nitrogens with one attached hydrogen (secondary N) is 2. The number of aliphatic imine (C=N–C) groups is 1. The van der Waals surface area contributed by atoms with Crippen LogP contribution in [0.3, 0.4) is 0 Å². The zero-order valence-electron chi connectivity index (χ0n) is 11.6. The maximum atomic E-state index is 4.24. The van der Waals surface area contributed by atoms with Crippen molar-refractivity contribution in [1.82, 2.24) is 25.4 Å². The molecule has 7 heteroatoms. The predicted octanol–water partition coefficient (Wildman–Crippen LogP) is 1.52. The van der Waals surface area contributed by atoms with Crippen LogP contribution in [0.2, 0.25) is 0 Å². The highest BCUT2D eigenvalue weighted by Gasteiger charge is 2.16. The second-order valence-corrected chi connectivity index (χ2v) is 4.58. The van der Waals surface area contributed by atoms with E-state index in [2.05, 4.69) is 32.7 Å². The van der Waals surface area contributed by atoms with Crippen LogP contribution in [0.5, 0.6) is 0 Å². The highest BCUT2D eigenvalue weighted by Crippen LogP contribution is 2.17. The van der Waals surface area contributed by atoms with Crippen LogP contribution in [-0.4, -0.2) is 33.8 Å². The van der Waals surface area contributed by atoms with Crippen LogP contribution in [0.25, 0.3) is 0 Å². The number of aryl methyl sites for hydroxylation is 1. The van der Waals surface area contributed by atoms with E-state index in [1.54, 1.807) is 13.4 Å². The molecule has 1 aliphatic rings. The van der Waals surface area contributed by atoms with Crippen molar-refractivity contribution in [2.24, 2.45) is 4.99 Å². The van der Waals surface area contributed by atoms with Crippen LogP contribution in [0.15, 0.2) is 11.3 Å². The molecule has 0 unspecified atom stereocenters. The lowest BCUT2D eigenvalue weighted by Crippen LogP contribution is -2.42. The van der Waals surface area contributed by atoms with Crippen molar-refractivity contribution >= 4 is 29.9 Å². The van der Waals surface area contributed by atoms with Crippen molar-refractivity contribution in [3.63, 3.8) is 0 Å². The Labute approximate surface area is 131 Å². The molecule has 0 aromatic carbocycles. The van der Waals surface area contributed by atoms with E-state index in [0.29, 0.717) is 12.6 Å². The summed E-state index contributed by atoms with van der Waals surface area (Å²) in [4.78, 5) is 4.24. The molecule has 0 saturated heterocycles. The van der Waals surface area contributed by atoms with Crippen molar-refractivity contribution in [3.05, 3.63) is 12.2 Å². The van der Waals surface area contributed by atoms with Crippen molar-refractivity contribution in [1.29, 1.82) is 0 Å². The normalized spacial score (nSPS) is 16.2. The molecule has 2 N–H and O–H groups in total. The summed E-state index contributed by atoms with van der Waals surface area (Å²) < 4.78 is 2.02. The van der Waals surface area contributed by atoms with Gasteiger partial charge in [-0.2, -0.15) is 0 Å². The molecule has 0 radical (unpaired) electrons. The minimum atomic E-state index is 0. The van der Waals surface area contributed by atoms with E-state index in [1.165, 1.54) is 25.7 Å². The van der Waals surface area contributed by atoms with Gasteiger partial charge in [-0.3, -0.25) is 4.99 Å². The van der Waals surface area contributed by atoms with Crippen LogP contribution in [-0.2, 0) is 13.1 Å². The molecule has 108 valence electrons. The first-order valence-corrected chi connectivity index (χ1v) is 6.67. The van der Waals surface area contributed by atoms with Crippen molar-refractivity contribution < 1.29 is 0 Å². The fraction of sp³-hybridized carbons (Fsp3) is 0.750. The number of rotatable bonds is 4. The van der Waals surface area contributed by atoms with E-state index in [1.807, 2.05) is 4.57 Å². The van der Waals surface area contributed by atoms with E-state index in [4.69, 9.17) is 0 Å². The molecule has 0 aliphatic heterocycles. The van der Waals surface area contributed by atoms with Crippen LogP contribution >= 0.6 is 24.0 Å². The smallest absolute Gasteiger partial charge is 0.191 e. The molecule has 0 spiro atoms. The molecule has 1 aliphatic carbocycles. The summed E-state index contributed by atoms with van der Waals surface area (Å²) in [5.74, 6) is 1.79. The number of hydrogen-bond acceptors (Lipinski definition) is 3. The third-order valence-corrected chi connectivity index (χ3v) is 3.37. The Hall–Kier alpha value is -0.860. The molecule has 1 fully saturated rings. The molecule has 0 bridgehead atoms. The van der Waals surface area contributed by atoms with E-state index in [0.717, 1.165) is 18.3 Å². The van der Waals surface area contributed by atoms with Gasteiger partial charge in [0.25, 0.3) is 0 Å². The molecule has 6 nitrogen and oxygen atoms in total. The Morgan fingerprint density at radius 1 is 1.47 bits per heavy atom. The van der Waals surface area contributed by atoms with Gasteiger partial charge in [-0.25, -0.2) is 0 Å². The number of halogens is 1. The number of hydrogen-bond donors (Lipinski definition) is 2. The second-order valence-electron chi connectivity index (χ2n) is 4.58. The maximum absolute atomic E-state index is 4.24. The second kappa shape index (κ2) is 8.34. The van der Waals surface area contributed by atoms with Crippen molar-refractivity contribution in [3.8, 4) is 0 Å². The summed E-state index contributed by atoms with van der Waals surface area (Å²) in [5.41, 5.74) is 0. The lowest BCUT2D eigenvalue weighted by Gasteiger charge is -2.16. The van der Waals surface area contributed by atoms with Gasteiger partial charge in [0.15, 0.2) is 11.8 Å². The third kappa shape index (κ3) is 4.63. The molecule has 2 rings (SSSR count). The Morgan fingerprint density at radius 2 is 2.21 bits per heavy atom. The zero-order valence-corrected chi connectivity index (χ0v) is 13.9. The zero-order chi connectivity index (χ0) is 12.8. The van der Waals surface area contributed by atoms with Gasteiger partial charge in [0.2, 0.25) is 0 Å². The predicted molar refractivity (Wildman–Crippen MR) is 86.7 cm³/mol. The van der Waals surface area contributed by atoms with Crippen LogP contribution in [0.1, 0.15) is 38.4 Å². The lowest BCUT2D eigenvalue weighted by atomic mass is 10.2. The number of guanidine groups is 1. The lowest BCUT2D eigenvalue weighted by molar-refractivity contribution is 0.605. The quantitative estimate of drug-likeness (QED) is 0.474. The summed E-state index contributed by atoms with van der Waals surface area (Å²) in [6.07, 6.45) is 6.87. The van der Waals surface area contributed by atoms with Gasteiger partial charge in [-0.15, -0.1) is 34.2 Å². The van der Waals surface area contributed by atoms with E-state index in [9.17, 15) is 0 Å². The van der Waals surface area contributed by atoms with Crippen molar-refractivity contribution in [2.75, 3.05) is 7.05 Å². The van der Waals surface area contributed by atoms with Crippen molar-refractivity contribution in [2.45, 2.75) is 51.7 Å². The summed E-state index contributed by atoms with van der Waals surface area (Å²) >= 11 is 0. The van der Waals surface area contributed by atoms with E-state index in [-0.39, 0.29) is 24.0 Å². The summed E-state index contributed by atoms with van der Waals surface area (Å²) in [6, 6.07) is 0.570. The molecular formula is C12H23IN6. The van der Waals surface area contributed by atoms with Crippen LogP contribution in [0.4, 0.5) is 0 Å². The van der Waals surface area contributed by atoms with Gasteiger partial charge in [0.1, 0.15) is 6.33 Å². The highest BCUT2D eigenvalue weighted by molar-refractivity contribution is 14.0. The Kier molecular flexibility index (Phi) is 7.11. The van der Waals surface area contributed by atoms with E-state index >= 15 is 0 Å². The average Bonchev–Trinajstić information content (AvgIpc) is 3.05. The van der Waals surface area contributed by atoms with E-state index < -0.39 is 0 Å². The Bertz CT molecular complexity index is 397.